The van der Waals surface area contributed by atoms with Crippen LogP contribution in [0.1, 0.15) is 66.3 Å². The fourth-order valence-electron chi connectivity index (χ4n) is 3.31. The zero-order chi connectivity index (χ0) is 22.0. The molecule has 4 rings (SSSR count). The van der Waals surface area contributed by atoms with E-state index in [1.807, 2.05) is 88.4 Å². The lowest BCUT2D eigenvalue weighted by molar-refractivity contribution is -0.120. The van der Waals surface area contributed by atoms with Gasteiger partial charge in [-0.25, -0.2) is 4.98 Å². The predicted octanol–water partition coefficient (Wildman–Crippen LogP) is 6.46. The summed E-state index contributed by atoms with van der Waals surface area (Å²) >= 11 is 1.35. The van der Waals surface area contributed by atoms with Crippen LogP contribution in [-0.2, 0) is 23.1 Å². The fraction of sp³-hybridized carbons (Fsp3) is 0.346. The Morgan fingerprint density at radius 3 is 2.00 bits per heavy atom. The van der Waals surface area contributed by atoms with Crippen molar-refractivity contribution in [3.05, 3.63) is 87.9 Å². The smallest absolute Gasteiger partial charge is 0.178 e. The van der Waals surface area contributed by atoms with Gasteiger partial charge in [-0.3, -0.25) is 9.59 Å². The van der Waals surface area contributed by atoms with Crippen LogP contribution in [0.2, 0.25) is 0 Å². The molecule has 0 amide bonds. The Hall–Kier alpha value is -2.59. The second-order valence-electron chi connectivity index (χ2n) is 6.75. The Morgan fingerprint density at radius 2 is 1.43 bits per heavy atom. The van der Waals surface area contributed by atoms with E-state index in [4.69, 9.17) is 0 Å². The summed E-state index contributed by atoms with van der Waals surface area (Å²) in [5, 5.41) is 0.730. The van der Waals surface area contributed by atoms with Gasteiger partial charge in [0.15, 0.2) is 5.78 Å². The van der Waals surface area contributed by atoms with Crippen LogP contribution in [0, 0.1) is 0 Å². The third-order valence-electron chi connectivity index (χ3n) is 4.96. The van der Waals surface area contributed by atoms with Gasteiger partial charge in [0.2, 0.25) is 0 Å². The molecule has 1 aromatic heterocycles. The molecular formula is C26H31NO2S. The third kappa shape index (κ3) is 5.73. The highest BCUT2D eigenvalue weighted by Gasteiger charge is 2.50. The SMILES string of the molecule is CC.CC.O=C(Cc1ccccc1)c1cnc(CC(=O)C2(c3ccccc3)CC2)s1. The molecule has 1 fully saturated rings. The molecule has 3 aromatic rings. The topological polar surface area (TPSA) is 47.0 Å². The lowest BCUT2D eigenvalue weighted by Crippen LogP contribution is -2.22. The molecule has 158 valence electrons. The number of rotatable bonds is 7. The molecule has 1 heterocycles. The minimum absolute atomic E-state index is 0.0524. The monoisotopic (exact) mass is 421 g/mol. The second-order valence-corrected chi connectivity index (χ2v) is 7.87. The van der Waals surface area contributed by atoms with Crippen molar-refractivity contribution < 1.29 is 9.59 Å². The van der Waals surface area contributed by atoms with E-state index >= 15 is 0 Å². The van der Waals surface area contributed by atoms with Gasteiger partial charge in [-0.05, 0) is 24.0 Å². The van der Waals surface area contributed by atoms with Gasteiger partial charge in [-0.15, -0.1) is 11.3 Å². The molecule has 3 nitrogen and oxygen atoms in total. The van der Waals surface area contributed by atoms with E-state index < -0.39 is 0 Å². The Balaban J connectivity index is 0.000000757. The summed E-state index contributed by atoms with van der Waals surface area (Å²) in [7, 11) is 0. The van der Waals surface area contributed by atoms with Crippen LogP contribution in [0.3, 0.4) is 0 Å². The molecule has 2 aromatic carbocycles. The van der Waals surface area contributed by atoms with Crippen LogP contribution < -0.4 is 0 Å². The standard InChI is InChI=1S/C22H19NO2S.2C2H6/c24-18(13-16-7-3-1-4-8-16)19-15-23-21(26-19)14-20(25)22(11-12-22)17-9-5-2-6-10-17;2*1-2/h1-10,15H,11-14H2;2*1-2H3. The molecule has 0 N–H and O–H groups in total. The van der Waals surface area contributed by atoms with Crippen molar-refractivity contribution in [2.24, 2.45) is 0 Å². The Kier molecular flexibility index (Phi) is 9.13. The number of hydrogen-bond donors (Lipinski definition) is 0. The molecule has 1 aliphatic rings. The van der Waals surface area contributed by atoms with E-state index in [-0.39, 0.29) is 17.0 Å². The van der Waals surface area contributed by atoms with Crippen LogP contribution in [0.5, 0.6) is 0 Å². The van der Waals surface area contributed by atoms with E-state index in [2.05, 4.69) is 4.98 Å². The molecule has 0 spiro atoms. The summed E-state index contributed by atoms with van der Waals surface area (Å²) in [6, 6.07) is 19.7. The Morgan fingerprint density at radius 1 is 0.867 bits per heavy atom. The quantitative estimate of drug-likeness (QED) is 0.411. The maximum atomic E-state index is 12.8. The minimum atomic E-state index is -0.332. The van der Waals surface area contributed by atoms with Crippen LogP contribution >= 0.6 is 11.3 Å². The van der Waals surface area contributed by atoms with Gasteiger partial charge in [0.25, 0.3) is 0 Å². The van der Waals surface area contributed by atoms with Gasteiger partial charge in [-0.1, -0.05) is 88.4 Å². The van der Waals surface area contributed by atoms with Gasteiger partial charge in [0.1, 0.15) is 10.8 Å². The molecule has 0 aliphatic heterocycles. The number of hydrogen-bond acceptors (Lipinski definition) is 4. The third-order valence-corrected chi connectivity index (χ3v) is 6.00. The van der Waals surface area contributed by atoms with Crippen LogP contribution in [0.4, 0.5) is 0 Å². The molecule has 0 saturated heterocycles. The summed E-state index contributed by atoms with van der Waals surface area (Å²) in [5.41, 5.74) is 1.76. The molecule has 1 aliphatic carbocycles. The van der Waals surface area contributed by atoms with Gasteiger partial charge in [0, 0.05) is 12.6 Å². The first-order chi connectivity index (χ1) is 14.7. The number of aromatic nitrogens is 1. The average Bonchev–Trinajstić information content (AvgIpc) is 3.50. The highest BCUT2D eigenvalue weighted by molar-refractivity contribution is 7.13. The summed E-state index contributed by atoms with van der Waals surface area (Å²) in [4.78, 5) is 30.2. The highest BCUT2D eigenvalue weighted by Crippen LogP contribution is 2.49. The van der Waals surface area contributed by atoms with Crippen LogP contribution in [-0.4, -0.2) is 16.6 Å². The lowest BCUT2D eigenvalue weighted by atomic mass is 9.90. The second kappa shape index (κ2) is 11.6. The molecule has 1 saturated carbocycles. The molecule has 4 heteroatoms. The molecular weight excluding hydrogens is 390 g/mol. The number of Topliss-reactive ketones (excluding diaryl/α,β-unsaturated/α-hetero) is 2. The first kappa shape index (κ1) is 23.7. The van der Waals surface area contributed by atoms with Crippen molar-refractivity contribution in [3.63, 3.8) is 0 Å². The van der Waals surface area contributed by atoms with Crippen molar-refractivity contribution in [1.29, 1.82) is 0 Å². The van der Waals surface area contributed by atoms with E-state index in [1.165, 1.54) is 11.3 Å². The summed E-state index contributed by atoms with van der Waals surface area (Å²) in [6.07, 6.45) is 4.09. The zero-order valence-electron chi connectivity index (χ0n) is 18.4. The van der Waals surface area contributed by atoms with E-state index in [0.29, 0.717) is 17.7 Å². The minimum Gasteiger partial charge on any atom is -0.298 e. The van der Waals surface area contributed by atoms with E-state index in [0.717, 1.165) is 29.0 Å². The average molecular weight is 422 g/mol. The zero-order valence-corrected chi connectivity index (χ0v) is 19.2. The first-order valence-corrected chi connectivity index (χ1v) is 11.6. The highest BCUT2D eigenvalue weighted by atomic mass is 32.1. The predicted molar refractivity (Wildman–Crippen MR) is 125 cm³/mol. The van der Waals surface area contributed by atoms with Gasteiger partial charge in [-0.2, -0.15) is 0 Å². The number of carbonyl (C=O) groups is 2. The summed E-state index contributed by atoms with van der Waals surface area (Å²) in [5.74, 6) is 0.261. The Labute approximate surface area is 184 Å². The van der Waals surface area contributed by atoms with Gasteiger partial charge >= 0.3 is 0 Å². The molecule has 0 bridgehead atoms. The van der Waals surface area contributed by atoms with E-state index in [1.54, 1.807) is 6.20 Å². The van der Waals surface area contributed by atoms with E-state index in [9.17, 15) is 9.59 Å². The molecule has 30 heavy (non-hydrogen) atoms. The maximum absolute atomic E-state index is 12.8. The Bertz CT molecular complexity index is 928. The van der Waals surface area contributed by atoms with Gasteiger partial charge in [0.05, 0.1) is 16.7 Å². The van der Waals surface area contributed by atoms with Crippen molar-refractivity contribution in [2.75, 3.05) is 0 Å². The number of carbonyl (C=O) groups excluding carboxylic acids is 2. The fourth-order valence-corrected chi connectivity index (χ4v) is 4.16. The largest absolute Gasteiger partial charge is 0.298 e. The van der Waals surface area contributed by atoms with Crippen molar-refractivity contribution in [3.8, 4) is 0 Å². The van der Waals surface area contributed by atoms with Gasteiger partial charge < -0.3 is 0 Å². The summed E-state index contributed by atoms with van der Waals surface area (Å²) in [6.45, 7) is 8.00. The maximum Gasteiger partial charge on any atom is 0.178 e. The van der Waals surface area contributed by atoms with Crippen molar-refractivity contribution >= 4 is 22.9 Å². The number of ketones is 2. The number of benzene rings is 2. The van der Waals surface area contributed by atoms with Crippen molar-refractivity contribution in [2.45, 2.75) is 58.8 Å². The first-order valence-electron chi connectivity index (χ1n) is 10.8. The number of thiazole rings is 1. The molecule has 0 unspecified atom stereocenters. The lowest BCUT2D eigenvalue weighted by Gasteiger charge is -2.13. The summed E-state index contributed by atoms with van der Waals surface area (Å²) < 4.78 is 0. The van der Waals surface area contributed by atoms with Crippen LogP contribution in [0.15, 0.2) is 66.9 Å². The normalized spacial score (nSPS) is 13.2. The molecule has 0 radical (unpaired) electrons. The van der Waals surface area contributed by atoms with Crippen LogP contribution in [0.25, 0.3) is 0 Å². The van der Waals surface area contributed by atoms with Crippen molar-refractivity contribution in [1.82, 2.24) is 4.98 Å². The number of nitrogens with zero attached hydrogens (tertiary/aromatic N) is 1. The molecule has 0 atom stereocenters.